The van der Waals surface area contributed by atoms with Gasteiger partial charge in [0.1, 0.15) is 0 Å². The van der Waals surface area contributed by atoms with Crippen LogP contribution in [0, 0.1) is 0 Å². The summed E-state index contributed by atoms with van der Waals surface area (Å²) in [5.41, 5.74) is 9.36. The van der Waals surface area contributed by atoms with E-state index in [0.29, 0.717) is 12.3 Å². The molecule has 5 nitrogen and oxygen atoms in total. The summed E-state index contributed by atoms with van der Waals surface area (Å²) in [6, 6.07) is 5.97. The average molecular weight is 260 g/mol. The maximum Gasteiger partial charge on any atom is 0.234 e. The molecule has 18 heavy (non-hydrogen) atoms. The Balaban J connectivity index is 2.04. The molecule has 92 valence electrons. The molecule has 3 rings (SSSR count). The van der Waals surface area contributed by atoms with E-state index in [4.69, 9.17) is 5.73 Å². The topological polar surface area (TPSA) is 83.8 Å². The van der Waals surface area contributed by atoms with Gasteiger partial charge in [0.2, 0.25) is 5.91 Å². The van der Waals surface area contributed by atoms with Crippen LogP contribution < -0.4 is 11.1 Å². The molecule has 0 atom stereocenters. The number of nitrogens with one attached hydrogen (secondary N) is 2. The monoisotopic (exact) mass is 260 g/mol. The lowest BCUT2D eigenvalue weighted by Gasteiger charge is -2.17. The molecular weight excluding hydrogens is 248 g/mol. The highest BCUT2D eigenvalue weighted by molar-refractivity contribution is 8.00. The molecule has 0 unspecified atom stereocenters. The molecule has 2 aromatic rings. The maximum absolute atomic E-state index is 11.4. The zero-order valence-electron chi connectivity index (χ0n) is 9.56. The predicted molar refractivity (Wildman–Crippen MR) is 71.3 cm³/mol. The van der Waals surface area contributed by atoms with Crippen LogP contribution in [0.15, 0.2) is 29.3 Å². The summed E-state index contributed by atoms with van der Waals surface area (Å²) in [5.74, 6) is 0.512. The third kappa shape index (κ3) is 1.89. The van der Waals surface area contributed by atoms with E-state index in [-0.39, 0.29) is 5.91 Å². The lowest BCUT2D eigenvalue weighted by atomic mass is 10.1. The molecule has 1 aliphatic heterocycles. The van der Waals surface area contributed by atoms with Crippen LogP contribution in [0.3, 0.4) is 0 Å². The van der Waals surface area contributed by atoms with Crippen LogP contribution in [0.1, 0.15) is 5.56 Å². The molecule has 0 bridgehead atoms. The van der Waals surface area contributed by atoms with Crippen molar-refractivity contribution in [2.24, 2.45) is 5.73 Å². The minimum atomic E-state index is 0.0355. The van der Waals surface area contributed by atoms with E-state index >= 15 is 0 Å². The second-order valence-electron chi connectivity index (χ2n) is 4.02. The molecule has 2 heterocycles. The van der Waals surface area contributed by atoms with Crippen LogP contribution in [0.2, 0.25) is 0 Å². The van der Waals surface area contributed by atoms with Gasteiger partial charge < -0.3 is 11.1 Å². The molecular formula is C12H12N4OS. The van der Waals surface area contributed by atoms with Crippen molar-refractivity contribution in [3.8, 4) is 11.3 Å². The summed E-state index contributed by atoms with van der Waals surface area (Å²) in [6.45, 7) is 0.435. The first-order valence-corrected chi connectivity index (χ1v) is 6.56. The van der Waals surface area contributed by atoms with E-state index in [9.17, 15) is 4.79 Å². The summed E-state index contributed by atoms with van der Waals surface area (Å²) in [4.78, 5) is 12.5. The van der Waals surface area contributed by atoms with Crippen LogP contribution in [-0.2, 0) is 11.3 Å². The molecule has 0 saturated heterocycles. The van der Waals surface area contributed by atoms with Crippen LogP contribution in [-0.4, -0.2) is 21.9 Å². The molecule has 4 N–H and O–H groups in total. The highest BCUT2D eigenvalue weighted by atomic mass is 32.2. The van der Waals surface area contributed by atoms with Gasteiger partial charge in [-0.1, -0.05) is 6.07 Å². The molecule has 1 aromatic carbocycles. The first-order valence-electron chi connectivity index (χ1n) is 5.57. The third-order valence-corrected chi connectivity index (χ3v) is 3.91. The number of hydrogen-bond donors (Lipinski definition) is 3. The number of fused-ring (bicyclic) bond motifs is 1. The number of nitrogens with zero attached hydrogens (tertiary/aromatic N) is 1. The molecule has 1 aromatic heterocycles. The lowest BCUT2D eigenvalue weighted by molar-refractivity contribution is -0.113. The molecule has 0 fully saturated rings. The Hall–Kier alpha value is -1.79. The van der Waals surface area contributed by atoms with Crippen molar-refractivity contribution in [3.63, 3.8) is 0 Å². The van der Waals surface area contributed by atoms with E-state index in [1.807, 2.05) is 18.2 Å². The van der Waals surface area contributed by atoms with Gasteiger partial charge in [-0.25, -0.2) is 0 Å². The quantitative estimate of drug-likeness (QED) is 0.765. The van der Waals surface area contributed by atoms with E-state index in [0.717, 1.165) is 27.4 Å². The second kappa shape index (κ2) is 4.47. The van der Waals surface area contributed by atoms with Gasteiger partial charge in [0.15, 0.2) is 0 Å². The Morgan fingerprint density at radius 3 is 3.17 bits per heavy atom. The fraction of sp³-hybridized carbons (Fsp3) is 0.167. The second-order valence-corrected chi connectivity index (χ2v) is 5.04. The van der Waals surface area contributed by atoms with Crippen LogP contribution >= 0.6 is 11.8 Å². The fourth-order valence-corrected chi connectivity index (χ4v) is 2.74. The van der Waals surface area contributed by atoms with Crippen LogP contribution in [0.4, 0.5) is 5.69 Å². The first-order chi connectivity index (χ1) is 8.78. The number of aromatic amines is 1. The standard InChI is InChI=1S/C12H12N4OS/c13-4-8-5-14-16-12(8)7-1-2-10-9(3-7)15-11(17)6-18-10/h1-3,5H,4,6,13H2,(H,14,16)(H,15,17). The number of aromatic nitrogens is 2. The Labute approximate surface area is 108 Å². The highest BCUT2D eigenvalue weighted by Crippen LogP contribution is 2.34. The molecule has 1 aliphatic rings. The molecule has 0 aliphatic carbocycles. The number of amides is 1. The van der Waals surface area contributed by atoms with E-state index in [1.54, 1.807) is 18.0 Å². The van der Waals surface area contributed by atoms with Gasteiger partial charge in [0, 0.05) is 22.6 Å². The van der Waals surface area contributed by atoms with Gasteiger partial charge in [-0.05, 0) is 12.1 Å². The van der Waals surface area contributed by atoms with Crippen molar-refractivity contribution in [2.75, 3.05) is 11.1 Å². The Bertz CT molecular complexity index is 608. The minimum Gasteiger partial charge on any atom is -0.326 e. The van der Waals surface area contributed by atoms with Crippen LogP contribution in [0.25, 0.3) is 11.3 Å². The third-order valence-electron chi connectivity index (χ3n) is 2.84. The Morgan fingerprint density at radius 2 is 2.33 bits per heavy atom. The number of carbonyl (C=O) groups is 1. The van der Waals surface area contributed by atoms with Crippen molar-refractivity contribution < 1.29 is 4.79 Å². The summed E-state index contributed by atoms with van der Waals surface area (Å²) in [6.07, 6.45) is 1.72. The molecule has 0 saturated carbocycles. The summed E-state index contributed by atoms with van der Waals surface area (Å²) < 4.78 is 0. The van der Waals surface area contributed by atoms with Crippen molar-refractivity contribution in [3.05, 3.63) is 30.0 Å². The molecule has 6 heteroatoms. The number of hydrogen-bond acceptors (Lipinski definition) is 4. The number of benzene rings is 1. The molecule has 1 amide bonds. The van der Waals surface area contributed by atoms with Crippen molar-refractivity contribution >= 4 is 23.4 Å². The zero-order chi connectivity index (χ0) is 12.5. The summed E-state index contributed by atoms with van der Waals surface area (Å²) in [5, 5.41) is 9.81. The van der Waals surface area contributed by atoms with Gasteiger partial charge in [0.25, 0.3) is 0 Å². The van der Waals surface area contributed by atoms with Crippen molar-refractivity contribution in [2.45, 2.75) is 11.4 Å². The number of H-pyrrole nitrogens is 1. The average Bonchev–Trinajstić information content (AvgIpc) is 2.86. The number of nitrogens with two attached hydrogens (primary N) is 1. The highest BCUT2D eigenvalue weighted by Gasteiger charge is 2.16. The van der Waals surface area contributed by atoms with E-state index in [2.05, 4.69) is 15.5 Å². The Morgan fingerprint density at radius 1 is 1.44 bits per heavy atom. The minimum absolute atomic E-state index is 0.0355. The van der Waals surface area contributed by atoms with E-state index in [1.165, 1.54) is 0 Å². The SMILES string of the molecule is NCc1cn[nH]c1-c1ccc2c(c1)NC(=O)CS2. The largest absolute Gasteiger partial charge is 0.326 e. The smallest absolute Gasteiger partial charge is 0.234 e. The van der Waals surface area contributed by atoms with Crippen LogP contribution in [0.5, 0.6) is 0 Å². The zero-order valence-corrected chi connectivity index (χ0v) is 10.4. The number of carbonyl (C=O) groups excluding carboxylic acids is 1. The summed E-state index contributed by atoms with van der Waals surface area (Å²) >= 11 is 1.55. The number of rotatable bonds is 2. The lowest BCUT2D eigenvalue weighted by Crippen LogP contribution is -2.18. The van der Waals surface area contributed by atoms with Gasteiger partial charge in [-0.15, -0.1) is 11.8 Å². The normalized spacial score (nSPS) is 14.2. The predicted octanol–water partition coefficient (Wildman–Crippen LogP) is 1.58. The van der Waals surface area contributed by atoms with Crippen molar-refractivity contribution in [1.29, 1.82) is 0 Å². The molecule has 0 spiro atoms. The number of anilines is 1. The van der Waals surface area contributed by atoms with E-state index < -0.39 is 0 Å². The number of thioether (sulfide) groups is 1. The van der Waals surface area contributed by atoms with Gasteiger partial charge >= 0.3 is 0 Å². The maximum atomic E-state index is 11.4. The summed E-state index contributed by atoms with van der Waals surface area (Å²) in [7, 11) is 0. The Kier molecular flexibility index (Phi) is 2.81. The first kappa shape index (κ1) is 11.3. The van der Waals surface area contributed by atoms with Crippen molar-refractivity contribution in [1.82, 2.24) is 10.2 Å². The van der Waals surface area contributed by atoms with Gasteiger partial charge in [-0.3, -0.25) is 9.89 Å². The fourth-order valence-electron chi connectivity index (χ4n) is 1.95. The van der Waals surface area contributed by atoms with Gasteiger partial charge in [0.05, 0.1) is 23.3 Å². The van der Waals surface area contributed by atoms with Gasteiger partial charge in [-0.2, -0.15) is 5.10 Å². The molecule has 0 radical (unpaired) electrons.